The van der Waals surface area contributed by atoms with E-state index in [-0.39, 0.29) is 6.42 Å². The minimum absolute atomic E-state index is 0.0419. The van der Waals surface area contributed by atoms with Crippen LogP contribution < -0.4 is 4.74 Å². The first kappa shape index (κ1) is 12.6. The molecule has 0 amide bonds. The molecule has 0 saturated heterocycles. The van der Waals surface area contributed by atoms with Gasteiger partial charge >= 0.3 is 5.97 Å². The van der Waals surface area contributed by atoms with Gasteiger partial charge in [-0.2, -0.15) is 0 Å². The van der Waals surface area contributed by atoms with Crippen LogP contribution in [-0.2, 0) is 17.6 Å². The number of rotatable bonds is 5. The van der Waals surface area contributed by atoms with E-state index in [9.17, 15) is 4.79 Å². The molecule has 94 valence electrons. The first-order valence-electron chi connectivity index (χ1n) is 5.45. The van der Waals surface area contributed by atoms with E-state index in [0.717, 1.165) is 21.2 Å². The molecule has 0 spiro atoms. The fourth-order valence-electron chi connectivity index (χ4n) is 1.58. The number of carbonyl (C=O) groups is 1. The van der Waals surface area contributed by atoms with Crippen LogP contribution in [-0.4, -0.2) is 23.2 Å². The molecule has 0 atom stereocenters. The van der Waals surface area contributed by atoms with Crippen LogP contribution in [0.25, 0.3) is 0 Å². The number of aromatic nitrogens is 1. The van der Waals surface area contributed by atoms with Gasteiger partial charge in [0.05, 0.1) is 18.5 Å². The Morgan fingerprint density at radius 1 is 1.39 bits per heavy atom. The lowest BCUT2D eigenvalue weighted by Gasteiger charge is -2.01. The van der Waals surface area contributed by atoms with Crippen LogP contribution in [0.5, 0.6) is 5.75 Å². The highest BCUT2D eigenvalue weighted by Gasteiger charge is 2.06. The van der Waals surface area contributed by atoms with Crippen molar-refractivity contribution in [3.63, 3.8) is 0 Å². The van der Waals surface area contributed by atoms with Crippen molar-refractivity contribution in [2.45, 2.75) is 12.8 Å². The maximum Gasteiger partial charge on any atom is 0.308 e. The van der Waals surface area contributed by atoms with Crippen molar-refractivity contribution < 1.29 is 14.6 Å². The van der Waals surface area contributed by atoms with Gasteiger partial charge in [0.1, 0.15) is 5.75 Å². The second kappa shape index (κ2) is 5.64. The van der Waals surface area contributed by atoms with Crippen LogP contribution in [0, 0.1) is 0 Å². The molecule has 18 heavy (non-hydrogen) atoms. The van der Waals surface area contributed by atoms with Crippen molar-refractivity contribution in [3.05, 3.63) is 45.9 Å². The monoisotopic (exact) mass is 263 g/mol. The van der Waals surface area contributed by atoms with Crippen LogP contribution in [0.1, 0.15) is 15.4 Å². The van der Waals surface area contributed by atoms with Crippen molar-refractivity contribution in [2.24, 2.45) is 0 Å². The lowest BCUT2D eigenvalue weighted by atomic mass is 10.1. The minimum atomic E-state index is -0.824. The summed E-state index contributed by atoms with van der Waals surface area (Å²) in [6.07, 6.45) is 2.40. The maximum atomic E-state index is 10.6. The molecular formula is C13H13NO3S. The topological polar surface area (TPSA) is 59.4 Å². The second-order valence-electron chi connectivity index (χ2n) is 3.82. The van der Waals surface area contributed by atoms with E-state index < -0.39 is 5.97 Å². The molecule has 1 heterocycles. The van der Waals surface area contributed by atoms with Crippen LogP contribution in [0.15, 0.2) is 30.5 Å². The Kier molecular flexibility index (Phi) is 3.94. The first-order chi connectivity index (χ1) is 8.67. The number of benzene rings is 1. The van der Waals surface area contributed by atoms with Gasteiger partial charge in [-0.25, -0.2) is 4.98 Å². The molecule has 1 aromatic heterocycles. The molecule has 0 aliphatic rings. The second-order valence-corrected chi connectivity index (χ2v) is 5.02. The van der Waals surface area contributed by atoms with Crippen LogP contribution >= 0.6 is 11.3 Å². The summed E-state index contributed by atoms with van der Waals surface area (Å²) in [5.41, 5.74) is 1.13. The van der Waals surface area contributed by atoms with Gasteiger partial charge in [0.15, 0.2) is 0 Å². The molecule has 0 unspecified atom stereocenters. The molecule has 1 aromatic carbocycles. The SMILES string of the molecule is COc1ccc(Cc2ncc(CC(=O)O)s2)cc1. The lowest BCUT2D eigenvalue weighted by molar-refractivity contribution is -0.136. The lowest BCUT2D eigenvalue weighted by Crippen LogP contribution is -1.97. The fraction of sp³-hybridized carbons (Fsp3) is 0.231. The molecule has 0 bridgehead atoms. The summed E-state index contributed by atoms with van der Waals surface area (Å²) < 4.78 is 5.09. The van der Waals surface area contributed by atoms with Gasteiger partial charge in [0, 0.05) is 17.5 Å². The number of thiazole rings is 1. The molecule has 0 aliphatic carbocycles. The smallest absolute Gasteiger partial charge is 0.308 e. The number of carboxylic acid groups (broad SMARTS) is 1. The number of carboxylic acids is 1. The molecule has 4 nitrogen and oxygen atoms in total. The highest BCUT2D eigenvalue weighted by molar-refractivity contribution is 7.11. The van der Waals surface area contributed by atoms with E-state index in [4.69, 9.17) is 9.84 Å². The van der Waals surface area contributed by atoms with Crippen molar-refractivity contribution in [1.29, 1.82) is 0 Å². The summed E-state index contributed by atoms with van der Waals surface area (Å²) in [5.74, 6) is -0.000831. The Bertz CT molecular complexity index is 533. The van der Waals surface area contributed by atoms with Crippen LogP contribution in [0.4, 0.5) is 0 Å². The highest BCUT2D eigenvalue weighted by atomic mass is 32.1. The third-order valence-electron chi connectivity index (χ3n) is 2.44. The molecular weight excluding hydrogens is 250 g/mol. The van der Waals surface area contributed by atoms with E-state index in [2.05, 4.69) is 4.98 Å². The Hall–Kier alpha value is -1.88. The largest absolute Gasteiger partial charge is 0.497 e. The van der Waals surface area contributed by atoms with Crippen LogP contribution in [0.3, 0.4) is 0 Å². The number of hydrogen-bond acceptors (Lipinski definition) is 4. The summed E-state index contributed by atoms with van der Waals surface area (Å²) in [6.45, 7) is 0. The normalized spacial score (nSPS) is 10.3. The summed E-state index contributed by atoms with van der Waals surface area (Å²) in [4.78, 5) is 15.6. The summed E-state index contributed by atoms with van der Waals surface area (Å²) in [5, 5.41) is 9.62. The van der Waals surface area contributed by atoms with Gasteiger partial charge in [-0.05, 0) is 17.7 Å². The quantitative estimate of drug-likeness (QED) is 0.899. The summed E-state index contributed by atoms with van der Waals surface area (Å²) >= 11 is 1.44. The van der Waals surface area contributed by atoms with E-state index in [1.165, 1.54) is 11.3 Å². The first-order valence-corrected chi connectivity index (χ1v) is 6.27. The van der Waals surface area contributed by atoms with Gasteiger partial charge in [0.2, 0.25) is 0 Å². The minimum Gasteiger partial charge on any atom is -0.497 e. The van der Waals surface area contributed by atoms with E-state index in [0.29, 0.717) is 6.42 Å². The predicted octanol–water partition coefficient (Wildman–Crippen LogP) is 2.37. The Balaban J connectivity index is 2.03. The van der Waals surface area contributed by atoms with Gasteiger partial charge in [-0.1, -0.05) is 12.1 Å². The Morgan fingerprint density at radius 3 is 2.72 bits per heavy atom. The molecule has 0 fully saturated rings. The zero-order chi connectivity index (χ0) is 13.0. The zero-order valence-corrected chi connectivity index (χ0v) is 10.7. The maximum absolute atomic E-state index is 10.6. The van der Waals surface area contributed by atoms with Crippen LogP contribution in [0.2, 0.25) is 0 Å². The number of hydrogen-bond donors (Lipinski definition) is 1. The van der Waals surface area contributed by atoms with Crippen molar-refractivity contribution >= 4 is 17.3 Å². The highest BCUT2D eigenvalue weighted by Crippen LogP contribution is 2.19. The fourth-order valence-corrected chi connectivity index (χ4v) is 2.53. The third kappa shape index (κ3) is 3.30. The molecule has 0 radical (unpaired) electrons. The number of ether oxygens (including phenoxy) is 1. The Labute approximate surface area is 109 Å². The molecule has 2 aromatic rings. The van der Waals surface area contributed by atoms with Crippen molar-refractivity contribution in [3.8, 4) is 5.75 Å². The van der Waals surface area contributed by atoms with E-state index >= 15 is 0 Å². The Morgan fingerprint density at radius 2 is 2.11 bits per heavy atom. The molecule has 0 saturated carbocycles. The summed E-state index contributed by atoms with van der Waals surface area (Å²) in [7, 11) is 1.63. The average Bonchev–Trinajstić information content (AvgIpc) is 2.76. The van der Waals surface area contributed by atoms with Crippen molar-refractivity contribution in [2.75, 3.05) is 7.11 Å². The number of nitrogens with zero attached hydrogens (tertiary/aromatic N) is 1. The predicted molar refractivity (Wildman–Crippen MR) is 69.3 cm³/mol. The van der Waals surface area contributed by atoms with Gasteiger partial charge in [-0.3, -0.25) is 4.79 Å². The third-order valence-corrected chi connectivity index (χ3v) is 3.44. The van der Waals surface area contributed by atoms with E-state index in [1.807, 2.05) is 24.3 Å². The van der Waals surface area contributed by atoms with Crippen molar-refractivity contribution in [1.82, 2.24) is 4.98 Å². The van der Waals surface area contributed by atoms with E-state index in [1.54, 1.807) is 13.3 Å². The zero-order valence-electron chi connectivity index (χ0n) is 9.92. The summed E-state index contributed by atoms with van der Waals surface area (Å²) in [6, 6.07) is 7.77. The van der Waals surface area contributed by atoms with Gasteiger partial charge in [0.25, 0.3) is 0 Å². The number of methoxy groups -OCH3 is 1. The van der Waals surface area contributed by atoms with Gasteiger partial charge < -0.3 is 9.84 Å². The standard InChI is InChI=1S/C13H13NO3S/c1-17-10-4-2-9(3-5-10)6-12-14-8-11(18-12)7-13(15)16/h2-5,8H,6-7H2,1H3,(H,15,16). The average molecular weight is 263 g/mol. The molecule has 2 rings (SSSR count). The molecule has 0 aliphatic heterocycles. The molecule has 5 heteroatoms. The number of aliphatic carboxylic acids is 1. The molecule has 1 N–H and O–H groups in total. The van der Waals surface area contributed by atoms with Gasteiger partial charge in [-0.15, -0.1) is 11.3 Å².